The number of carbonyl (C=O) groups is 2. The number of piperazine rings is 1. The Morgan fingerprint density at radius 1 is 0.929 bits per heavy atom. The molecule has 1 aromatic heterocycles. The van der Waals surface area contributed by atoms with E-state index in [0.29, 0.717) is 43.2 Å². The fourth-order valence-electron chi connectivity index (χ4n) is 3.71. The normalized spacial score (nSPS) is 14.4. The molecule has 0 radical (unpaired) electrons. The van der Waals surface area contributed by atoms with E-state index in [1.54, 1.807) is 24.1 Å². The number of hydrogen-bond acceptors (Lipinski definition) is 3. The van der Waals surface area contributed by atoms with Gasteiger partial charge in [0.1, 0.15) is 11.4 Å². The Labute approximate surface area is 163 Å². The van der Waals surface area contributed by atoms with Crippen molar-refractivity contribution in [2.45, 2.75) is 6.92 Å². The first-order valence-electron chi connectivity index (χ1n) is 9.38. The molecule has 6 heteroatoms. The number of carbonyl (C=O) groups excluding carboxylic acids is 2. The fraction of sp³-hybridized carbons (Fsp3) is 0.273. The second-order valence-corrected chi connectivity index (χ2v) is 6.99. The zero-order valence-electron chi connectivity index (χ0n) is 16.1. The summed E-state index contributed by atoms with van der Waals surface area (Å²) >= 11 is 0. The number of fused-ring (bicyclic) bond motifs is 1. The highest BCUT2D eigenvalue weighted by Gasteiger charge is 2.27. The van der Waals surface area contributed by atoms with E-state index in [1.807, 2.05) is 48.2 Å². The van der Waals surface area contributed by atoms with Crippen LogP contribution >= 0.6 is 0 Å². The van der Waals surface area contributed by atoms with Gasteiger partial charge in [-0.1, -0.05) is 24.3 Å². The first-order valence-corrected chi connectivity index (χ1v) is 9.38. The molecule has 1 fully saturated rings. The molecule has 2 aromatic carbocycles. The molecular formula is C22H23N3O3. The second-order valence-electron chi connectivity index (χ2n) is 6.99. The molecule has 2 heterocycles. The molecule has 144 valence electrons. The largest absolute Gasteiger partial charge is 0.497 e. The molecule has 0 bridgehead atoms. The minimum absolute atomic E-state index is 0.0119. The van der Waals surface area contributed by atoms with Gasteiger partial charge in [0.05, 0.1) is 7.11 Å². The number of amides is 2. The van der Waals surface area contributed by atoms with Crippen molar-refractivity contribution in [2.24, 2.45) is 0 Å². The molecular weight excluding hydrogens is 354 g/mol. The fourth-order valence-corrected chi connectivity index (χ4v) is 3.71. The minimum atomic E-state index is -0.0345. The highest BCUT2D eigenvalue weighted by atomic mass is 16.5. The first kappa shape index (κ1) is 18.1. The van der Waals surface area contributed by atoms with Crippen LogP contribution in [0.4, 0.5) is 0 Å². The predicted octanol–water partition coefficient (Wildman–Crippen LogP) is 3.08. The van der Waals surface area contributed by atoms with Crippen LogP contribution in [0.25, 0.3) is 10.9 Å². The van der Waals surface area contributed by atoms with Gasteiger partial charge >= 0.3 is 0 Å². The Hall–Kier alpha value is -3.28. The summed E-state index contributed by atoms with van der Waals surface area (Å²) in [5.41, 5.74) is 3.17. The molecule has 2 amide bonds. The Morgan fingerprint density at radius 3 is 2.29 bits per heavy atom. The second kappa shape index (κ2) is 7.38. The lowest BCUT2D eigenvalue weighted by Crippen LogP contribution is -2.50. The summed E-state index contributed by atoms with van der Waals surface area (Å²) in [7, 11) is 1.58. The highest BCUT2D eigenvalue weighted by molar-refractivity contribution is 6.01. The number of benzene rings is 2. The molecule has 0 saturated carbocycles. The standard InChI is InChI=1S/C22H23N3O3/c1-15-18-8-3-4-9-19(18)23-20(15)22(27)25-12-10-24(11-13-25)21(26)16-6-5-7-17(14-16)28-2/h3-9,14,23H,10-13H2,1-2H3. The van der Waals surface area contributed by atoms with Gasteiger partial charge in [0.2, 0.25) is 0 Å². The van der Waals surface area contributed by atoms with Crippen LogP contribution in [0.5, 0.6) is 5.75 Å². The van der Waals surface area contributed by atoms with E-state index in [1.165, 1.54) is 0 Å². The number of nitrogens with one attached hydrogen (secondary N) is 1. The minimum Gasteiger partial charge on any atom is -0.497 e. The lowest BCUT2D eigenvalue weighted by atomic mass is 10.1. The van der Waals surface area contributed by atoms with E-state index in [9.17, 15) is 9.59 Å². The van der Waals surface area contributed by atoms with Crippen molar-refractivity contribution in [3.8, 4) is 5.75 Å². The summed E-state index contributed by atoms with van der Waals surface area (Å²) in [4.78, 5) is 32.6. The quantitative estimate of drug-likeness (QED) is 0.763. The topological polar surface area (TPSA) is 65.6 Å². The zero-order valence-corrected chi connectivity index (χ0v) is 16.1. The number of methoxy groups -OCH3 is 1. The number of aromatic nitrogens is 1. The van der Waals surface area contributed by atoms with Crippen LogP contribution in [0.1, 0.15) is 26.4 Å². The van der Waals surface area contributed by atoms with Crippen molar-refractivity contribution < 1.29 is 14.3 Å². The van der Waals surface area contributed by atoms with Crippen molar-refractivity contribution in [3.05, 3.63) is 65.4 Å². The van der Waals surface area contributed by atoms with Crippen LogP contribution in [0.15, 0.2) is 48.5 Å². The van der Waals surface area contributed by atoms with Crippen LogP contribution in [-0.4, -0.2) is 59.9 Å². The van der Waals surface area contributed by atoms with E-state index in [4.69, 9.17) is 4.74 Å². The Bertz CT molecular complexity index is 1030. The Kier molecular flexibility index (Phi) is 4.77. The number of H-pyrrole nitrogens is 1. The number of para-hydroxylation sites is 1. The molecule has 0 unspecified atom stereocenters. The molecule has 0 aliphatic carbocycles. The number of aryl methyl sites for hydroxylation is 1. The highest BCUT2D eigenvalue weighted by Crippen LogP contribution is 2.23. The molecule has 6 nitrogen and oxygen atoms in total. The number of nitrogens with zero attached hydrogens (tertiary/aromatic N) is 2. The number of rotatable bonds is 3. The number of hydrogen-bond donors (Lipinski definition) is 1. The van der Waals surface area contributed by atoms with Gasteiger partial charge in [-0.3, -0.25) is 9.59 Å². The van der Waals surface area contributed by atoms with Crippen LogP contribution in [0, 0.1) is 6.92 Å². The van der Waals surface area contributed by atoms with Gasteiger partial charge < -0.3 is 19.5 Å². The maximum Gasteiger partial charge on any atom is 0.270 e. The maximum absolute atomic E-state index is 13.0. The van der Waals surface area contributed by atoms with Crippen LogP contribution in [0.2, 0.25) is 0 Å². The average Bonchev–Trinajstić information content (AvgIpc) is 3.09. The number of aromatic amines is 1. The van der Waals surface area contributed by atoms with E-state index in [2.05, 4.69) is 4.98 Å². The lowest BCUT2D eigenvalue weighted by Gasteiger charge is -2.34. The molecule has 0 atom stereocenters. The SMILES string of the molecule is COc1cccc(C(=O)N2CCN(C(=O)c3[nH]c4ccccc4c3C)CC2)c1. The summed E-state index contributed by atoms with van der Waals surface area (Å²) in [6.07, 6.45) is 0. The molecule has 1 N–H and O–H groups in total. The third-order valence-electron chi connectivity index (χ3n) is 5.35. The summed E-state index contributed by atoms with van der Waals surface area (Å²) in [5, 5.41) is 1.07. The van der Waals surface area contributed by atoms with Gasteiger partial charge in [-0.25, -0.2) is 0 Å². The van der Waals surface area contributed by atoms with Crippen LogP contribution < -0.4 is 4.74 Å². The zero-order chi connectivity index (χ0) is 19.7. The average molecular weight is 377 g/mol. The summed E-state index contributed by atoms with van der Waals surface area (Å²) < 4.78 is 5.20. The summed E-state index contributed by atoms with van der Waals surface area (Å²) in [6, 6.07) is 15.1. The third-order valence-corrected chi connectivity index (χ3v) is 5.35. The lowest BCUT2D eigenvalue weighted by molar-refractivity contribution is 0.0532. The van der Waals surface area contributed by atoms with Gasteiger partial charge in [-0.2, -0.15) is 0 Å². The first-order chi connectivity index (χ1) is 13.6. The summed E-state index contributed by atoms with van der Waals surface area (Å²) in [5.74, 6) is 0.615. The monoisotopic (exact) mass is 377 g/mol. The summed E-state index contributed by atoms with van der Waals surface area (Å²) in [6.45, 7) is 4.03. The number of ether oxygens (including phenoxy) is 1. The Balaban J connectivity index is 1.45. The third kappa shape index (κ3) is 3.22. The van der Waals surface area contributed by atoms with Gasteiger partial charge in [-0.05, 0) is 36.8 Å². The van der Waals surface area contributed by atoms with Crippen molar-refractivity contribution in [2.75, 3.05) is 33.3 Å². The molecule has 3 aromatic rings. The smallest absolute Gasteiger partial charge is 0.270 e. The van der Waals surface area contributed by atoms with Crippen molar-refractivity contribution in [3.63, 3.8) is 0 Å². The van der Waals surface area contributed by atoms with Gasteiger partial charge in [-0.15, -0.1) is 0 Å². The molecule has 4 rings (SSSR count). The van der Waals surface area contributed by atoms with E-state index in [-0.39, 0.29) is 11.8 Å². The predicted molar refractivity (Wildman–Crippen MR) is 108 cm³/mol. The molecule has 0 spiro atoms. The van der Waals surface area contributed by atoms with E-state index >= 15 is 0 Å². The van der Waals surface area contributed by atoms with Crippen molar-refractivity contribution >= 4 is 22.7 Å². The van der Waals surface area contributed by atoms with Gasteiger partial charge in [0.25, 0.3) is 11.8 Å². The van der Waals surface area contributed by atoms with Crippen molar-refractivity contribution in [1.82, 2.24) is 14.8 Å². The Morgan fingerprint density at radius 2 is 1.61 bits per heavy atom. The van der Waals surface area contributed by atoms with E-state index < -0.39 is 0 Å². The van der Waals surface area contributed by atoms with E-state index in [0.717, 1.165) is 16.5 Å². The van der Waals surface area contributed by atoms with Gasteiger partial charge in [0.15, 0.2) is 0 Å². The molecule has 28 heavy (non-hydrogen) atoms. The van der Waals surface area contributed by atoms with Crippen molar-refractivity contribution in [1.29, 1.82) is 0 Å². The van der Waals surface area contributed by atoms with Crippen LogP contribution in [0.3, 0.4) is 0 Å². The molecule has 1 aliphatic rings. The van der Waals surface area contributed by atoms with Crippen LogP contribution in [-0.2, 0) is 0 Å². The molecule has 1 aliphatic heterocycles. The maximum atomic E-state index is 13.0. The van der Waals surface area contributed by atoms with Gasteiger partial charge in [0, 0.05) is 42.6 Å². The molecule has 1 saturated heterocycles.